The molecular weight excluding hydrogens is 190 g/mol. The molecule has 0 spiro atoms. The quantitative estimate of drug-likeness (QED) is 0.742. The zero-order valence-corrected chi connectivity index (χ0v) is 9.60. The second kappa shape index (κ2) is 5.07. The number of hydrogen-bond acceptors (Lipinski definition) is 3. The Hall–Kier alpha value is -1.16. The summed E-state index contributed by atoms with van der Waals surface area (Å²) in [7, 11) is 1.77. The second-order valence-corrected chi connectivity index (χ2v) is 4.27. The number of aryl methyl sites for hydroxylation is 1. The lowest BCUT2D eigenvalue weighted by Crippen LogP contribution is -2.26. The molecule has 84 valence electrons. The molecule has 0 aliphatic heterocycles. The number of carbonyl (C=O) groups is 1. The SMILES string of the molecule is CC(C)CC(CN)C(=O)c1ccnn1C. The number of rotatable bonds is 5. The summed E-state index contributed by atoms with van der Waals surface area (Å²) in [5.74, 6) is 0.502. The van der Waals surface area contributed by atoms with E-state index in [1.54, 1.807) is 24.0 Å². The Morgan fingerprint density at radius 2 is 2.27 bits per heavy atom. The van der Waals surface area contributed by atoms with Crippen molar-refractivity contribution in [3.8, 4) is 0 Å². The van der Waals surface area contributed by atoms with Crippen LogP contribution in [0, 0.1) is 11.8 Å². The number of aromatic nitrogens is 2. The lowest BCUT2D eigenvalue weighted by Gasteiger charge is -2.15. The number of ketones is 1. The highest BCUT2D eigenvalue weighted by Crippen LogP contribution is 2.15. The molecule has 1 heterocycles. The summed E-state index contributed by atoms with van der Waals surface area (Å²) in [5.41, 5.74) is 6.27. The van der Waals surface area contributed by atoms with E-state index in [9.17, 15) is 4.79 Å². The zero-order chi connectivity index (χ0) is 11.4. The van der Waals surface area contributed by atoms with Gasteiger partial charge in [0.05, 0.1) is 0 Å². The first-order valence-corrected chi connectivity index (χ1v) is 5.28. The predicted molar refractivity (Wildman–Crippen MR) is 59.5 cm³/mol. The Balaban J connectivity index is 2.78. The Kier molecular flexibility index (Phi) is 4.03. The van der Waals surface area contributed by atoms with Gasteiger partial charge in [0.1, 0.15) is 5.69 Å². The van der Waals surface area contributed by atoms with Gasteiger partial charge in [-0.25, -0.2) is 0 Å². The average molecular weight is 209 g/mol. The number of carbonyl (C=O) groups excluding carboxylic acids is 1. The molecule has 0 bridgehead atoms. The summed E-state index contributed by atoms with van der Waals surface area (Å²) in [6.07, 6.45) is 2.47. The molecular formula is C11H19N3O. The van der Waals surface area contributed by atoms with Gasteiger partial charge in [-0.1, -0.05) is 13.8 Å². The Morgan fingerprint density at radius 1 is 1.60 bits per heavy atom. The van der Waals surface area contributed by atoms with Crippen molar-refractivity contribution in [2.24, 2.45) is 24.6 Å². The van der Waals surface area contributed by atoms with Crippen LogP contribution in [0.5, 0.6) is 0 Å². The molecule has 0 radical (unpaired) electrons. The van der Waals surface area contributed by atoms with Crippen molar-refractivity contribution in [1.29, 1.82) is 0 Å². The van der Waals surface area contributed by atoms with E-state index in [1.165, 1.54) is 0 Å². The van der Waals surface area contributed by atoms with Gasteiger partial charge in [-0.15, -0.1) is 0 Å². The van der Waals surface area contributed by atoms with Gasteiger partial charge in [0.2, 0.25) is 0 Å². The van der Waals surface area contributed by atoms with Gasteiger partial charge < -0.3 is 5.73 Å². The number of nitrogens with zero attached hydrogens (tertiary/aromatic N) is 2. The highest BCUT2D eigenvalue weighted by Gasteiger charge is 2.21. The van der Waals surface area contributed by atoms with E-state index < -0.39 is 0 Å². The third-order valence-electron chi connectivity index (χ3n) is 2.48. The predicted octanol–water partition coefficient (Wildman–Crippen LogP) is 1.22. The van der Waals surface area contributed by atoms with Crippen LogP contribution in [0.15, 0.2) is 12.3 Å². The van der Waals surface area contributed by atoms with Crippen molar-refractivity contribution in [2.75, 3.05) is 6.54 Å². The molecule has 2 N–H and O–H groups in total. The molecule has 0 saturated heterocycles. The van der Waals surface area contributed by atoms with Crippen LogP contribution in [0.25, 0.3) is 0 Å². The molecule has 0 saturated carbocycles. The van der Waals surface area contributed by atoms with E-state index in [0.717, 1.165) is 6.42 Å². The Labute approximate surface area is 90.5 Å². The van der Waals surface area contributed by atoms with Crippen LogP contribution in [0.2, 0.25) is 0 Å². The van der Waals surface area contributed by atoms with Gasteiger partial charge in [-0.05, 0) is 18.4 Å². The van der Waals surface area contributed by atoms with Gasteiger partial charge in [0.15, 0.2) is 5.78 Å². The maximum Gasteiger partial charge on any atom is 0.185 e. The largest absolute Gasteiger partial charge is 0.330 e. The second-order valence-electron chi connectivity index (χ2n) is 4.27. The minimum absolute atomic E-state index is 0.0830. The van der Waals surface area contributed by atoms with Crippen LogP contribution >= 0.6 is 0 Å². The smallest absolute Gasteiger partial charge is 0.185 e. The molecule has 1 rings (SSSR count). The Bertz CT molecular complexity index is 330. The summed E-state index contributed by atoms with van der Waals surface area (Å²) in [6, 6.07) is 1.74. The van der Waals surface area contributed by atoms with Crippen molar-refractivity contribution in [1.82, 2.24) is 9.78 Å². The van der Waals surface area contributed by atoms with E-state index >= 15 is 0 Å². The molecule has 1 aromatic heterocycles. The van der Waals surface area contributed by atoms with E-state index in [4.69, 9.17) is 5.73 Å². The Morgan fingerprint density at radius 3 is 2.67 bits per heavy atom. The number of hydrogen-bond donors (Lipinski definition) is 1. The fourth-order valence-corrected chi connectivity index (χ4v) is 1.70. The van der Waals surface area contributed by atoms with E-state index in [2.05, 4.69) is 18.9 Å². The third-order valence-corrected chi connectivity index (χ3v) is 2.48. The molecule has 1 aromatic rings. The topological polar surface area (TPSA) is 60.9 Å². The van der Waals surface area contributed by atoms with Crippen molar-refractivity contribution < 1.29 is 4.79 Å². The van der Waals surface area contributed by atoms with Crippen LogP contribution in [-0.4, -0.2) is 22.1 Å². The van der Waals surface area contributed by atoms with Crippen molar-refractivity contribution in [3.63, 3.8) is 0 Å². The number of Topliss-reactive ketones (excluding diaryl/α,β-unsaturated/α-hetero) is 1. The summed E-state index contributed by atoms with van der Waals surface area (Å²) in [6.45, 7) is 4.60. The first-order chi connectivity index (χ1) is 7.06. The first kappa shape index (κ1) is 11.9. The molecule has 1 unspecified atom stereocenters. The number of nitrogens with two attached hydrogens (primary N) is 1. The fraction of sp³-hybridized carbons (Fsp3) is 0.636. The van der Waals surface area contributed by atoms with Gasteiger partial charge >= 0.3 is 0 Å². The van der Waals surface area contributed by atoms with Gasteiger partial charge in [0.25, 0.3) is 0 Å². The molecule has 1 atom stereocenters. The van der Waals surface area contributed by atoms with E-state index in [0.29, 0.717) is 18.2 Å². The van der Waals surface area contributed by atoms with Gasteiger partial charge in [-0.3, -0.25) is 9.48 Å². The maximum atomic E-state index is 12.1. The van der Waals surface area contributed by atoms with Crippen LogP contribution < -0.4 is 5.73 Å². The van der Waals surface area contributed by atoms with Crippen LogP contribution in [0.1, 0.15) is 30.8 Å². The minimum atomic E-state index is -0.0830. The highest BCUT2D eigenvalue weighted by molar-refractivity contribution is 5.96. The minimum Gasteiger partial charge on any atom is -0.330 e. The lowest BCUT2D eigenvalue weighted by atomic mass is 9.92. The summed E-state index contributed by atoms with van der Waals surface area (Å²) in [4.78, 5) is 12.1. The molecule has 0 aromatic carbocycles. The van der Waals surface area contributed by atoms with Crippen LogP contribution in [0.3, 0.4) is 0 Å². The summed E-state index contributed by atoms with van der Waals surface area (Å²) >= 11 is 0. The van der Waals surface area contributed by atoms with Gasteiger partial charge in [0, 0.05) is 25.7 Å². The third kappa shape index (κ3) is 2.89. The standard InChI is InChI=1S/C11H19N3O/c1-8(2)6-9(7-12)11(15)10-4-5-13-14(10)3/h4-5,8-9H,6-7,12H2,1-3H3. The maximum absolute atomic E-state index is 12.1. The zero-order valence-electron chi connectivity index (χ0n) is 9.60. The van der Waals surface area contributed by atoms with Crippen molar-refractivity contribution >= 4 is 5.78 Å². The van der Waals surface area contributed by atoms with Gasteiger partial charge in [-0.2, -0.15) is 5.10 Å². The van der Waals surface area contributed by atoms with E-state index in [-0.39, 0.29) is 11.7 Å². The lowest BCUT2D eigenvalue weighted by molar-refractivity contribution is 0.0899. The molecule has 0 fully saturated rings. The van der Waals surface area contributed by atoms with Crippen molar-refractivity contribution in [2.45, 2.75) is 20.3 Å². The first-order valence-electron chi connectivity index (χ1n) is 5.28. The monoisotopic (exact) mass is 209 g/mol. The fourth-order valence-electron chi connectivity index (χ4n) is 1.70. The molecule has 0 amide bonds. The van der Waals surface area contributed by atoms with Crippen LogP contribution in [0.4, 0.5) is 0 Å². The highest BCUT2D eigenvalue weighted by atomic mass is 16.1. The molecule has 0 aliphatic carbocycles. The normalized spacial score (nSPS) is 13.1. The van der Waals surface area contributed by atoms with Crippen LogP contribution in [-0.2, 0) is 7.05 Å². The van der Waals surface area contributed by atoms with E-state index in [1.807, 2.05) is 0 Å². The summed E-state index contributed by atoms with van der Waals surface area (Å²) < 4.78 is 1.60. The molecule has 0 aliphatic rings. The molecule has 4 nitrogen and oxygen atoms in total. The average Bonchev–Trinajstić information content (AvgIpc) is 2.59. The molecule has 15 heavy (non-hydrogen) atoms. The molecule has 4 heteroatoms. The van der Waals surface area contributed by atoms with Crippen molar-refractivity contribution in [3.05, 3.63) is 18.0 Å². The summed E-state index contributed by atoms with van der Waals surface area (Å²) in [5, 5.41) is 3.99.